The largest absolute Gasteiger partial charge is 0.465 e. The molecule has 0 spiro atoms. The Kier molecular flexibility index (Phi) is 7.48. The van der Waals surface area contributed by atoms with Crippen LogP contribution in [0.4, 0.5) is 0 Å². The van der Waals surface area contributed by atoms with Crippen LogP contribution in [-0.4, -0.2) is 51.6 Å². The van der Waals surface area contributed by atoms with Crippen molar-refractivity contribution in [1.82, 2.24) is 5.32 Å². The van der Waals surface area contributed by atoms with E-state index in [-0.39, 0.29) is 18.0 Å². The molecular formula is C15H29NO4. The molecule has 3 atom stereocenters. The average molecular weight is 287 g/mol. The van der Waals surface area contributed by atoms with Gasteiger partial charge in [-0.2, -0.15) is 0 Å². The summed E-state index contributed by atoms with van der Waals surface area (Å²) in [4.78, 5) is 12.3. The summed E-state index contributed by atoms with van der Waals surface area (Å²) in [5, 5.41) is 3.22. The van der Waals surface area contributed by atoms with Gasteiger partial charge in [0.1, 0.15) is 5.54 Å². The second-order valence-electron chi connectivity index (χ2n) is 5.46. The lowest BCUT2D eigenvalue weighted by atomic mass is 9.85. The number of rotatable bonds is 9. The van der Waals surface area contributed by atoms with Gasteiger partial charge in [0, 0.05) is 13.7 Å². The van der Waals surface area contributed by atoms with Crippen molar-refractivity contribution in [1.29, 1.82) is 0 Å². The van der Waals surface area contributed by atoms with Crippen LogP contribution in [0.1, 0.15) is 39.5 Å². The lowest BCUT2D eigenvalue weighted by Gasteiger charge is -2.33. The van der Waals surface area contributed by atoms with Crippen molar-refractivity contribution in [2.75, 3.05) is 34.0 Å². The molecule has 3 unspecified atom stereocenters. The summed E-state index contributed by atoms with van der Waals surface area (Å²) in [7, 11) is 3.52. The molecule has 0 heterocycles. The highest BCUT2D eigenvalue weighted by molar-refractivity contribution is 5.81. The topological polar surface area (TPSA) is 56.8 Å². The summed E-state index contributed by atoms with van der Waals surface area (Å²) in [5.74, 6) is 0.163. The molecular weight excluding hydrogens is 258 g/mol. The second kappa shape index (κ2) is 8.60. The maximum atomic E-state index is 12.3. The molecule has 5 nitrogen and oxygen atoms in total. The van der Waals surface area contributed by atoms with E-state index >= 15 is 0 Å². The number of likely N-dealkylation sites (N-methyl/N-ethyl adjacent to an activating group) is 1. The molecule has 1 rings (SSSR count). The predicted octanol–water partition coefficient (Wildman–Crippen LogP) is 1.75. The van der Waals surface area contributed by atoms with E-state index in [1.54, 1.807) is 7.11 Å². The van der Waals surface area contributed by atoms with Gasteiger partial charge in [0.05, 0.1) is 19.3 Å². The molecule has 20 heavy (non-hydrogen) atoms. The highest BCUT2D eigenvalue weighted by Gasteiger charge is 2.48. The molecule has 1 aliphatic carbocycles. The van der Waals surface area contributed by atoms with Gasteiger partial charge < -0.3 is 19.5 Å². The normalized spacial score (nSPS) is 27.5. The molecule has 0 aromatic carbocycles. The standard InChI is InChI=1S/C15H29NO4/c1-5-19-14(17)15(16-3)9-6-7-13(15)8-10-20-12(2)11-18-4/h12-13,16H,5-11H2,1-4H3. The van der Waals surface area contributed by atoms with E-state index in [9.17, 15) is 4.79 Å². The first kappa shape index (κ1) is 17.4. The zero-order valence-corrected chi connectivity index (χ0v) is 13.2. The van der Waals surface area contributed by atoms with Crippen molar-refractivity contribution in [3.8, 4) is 0 Å². The van der Waals surface area contributed by atoms with Crippen LogP contribution in [0.3, 0.4) is 0 Å². The summed E-state index contributed by atoms with van der Waals surface area (Å²) in [6.07, 6.45) is 3.90. The van der Waals surface area contributed by atoms with Crippen molar-refractivity contribution in [2.24, 2.45) is 5.92 Å². The number of hydrogen-bond donors (Lipinski definition) is 1. The van der Waals surface area contributed by atoms with E-state index in [1.807, 2.05) is 20.9 Å². The van der Waals surface area contributed by atoms with Crippen molar-refractivity contribution >= 4 is 5.97 Å². The Morgan fingerprint density at radius 1 is 1.50 bits per heavy atom. The number of hydrogen-bond acceptors (Lipinski definition) is 5. The Morgan fingerprint density at radius 3 is 2.85 bits per heavy atom. The Labute approximate surface area is 122 Å². The summed E-state index contributed by atoms with van der Waals surface area (Å²) in [6, 6.07) is 0. The highest BCUT2D eigenvalue weighted by atomic mass is 16.5. The minimum Gasteiger partial charge on any atom is -0.465 e. The van der Waals surface area contributed by atoms with Crippen molar-refractivity contribution in [2.45, 2.75) is 51.2 Å². The molecule has 0 radical (unpaired) electrons. The van der Waals surface area contributed by atoms with Gasteiger partial charge in [-0.3, -0.25) is 4.79 Å². The molecule has 0 saturated heterocycles. The van der Waals surface area contributed by atoms with Gasteiger partial charge in [-0.25, -0.2) is 0 Å². The van der Waals surface area contributed by atoms with Gasteiger partial charge in [-0.05, 0) is 46.1 Å². The second-order valence-corrected chi connectivity index (χ2v) is 5.46. The van der Waals surface area contributed by atoms with E-state index in [4.69, 9.17) is 14.2 Å². The van der Waals surface area contributed by atoms with Crippen LogP contribution < -0.4 is 5.32 Å². The number of methoxy groups -OCH3 is 1. The Hall–Kier alpha value is -0.650. The molecule has 0 amide bonds. The number of nitrogens with one attached hydrogen (secondary N) is 1. The van der Waals surface area contributed by atoms with Crippen LogP contribution in [0.2, 0.25) is 0 Å². The van der Waals surface area contributed by atoms with Gasteiger partial charge in [0.2, 0.25) is 0 Å². The lowest BCUT2D eigenvalue weighted by Crippen LogP contribution is -2.54. The van der Waals surface area contributed by atoms with E-state index < -0.39 is 5.54 Å². The molecule has 0 aromatic heterocycles. The monoisotopic (exact) mass is 287 g/mol. The van der Waals surface area contributed by atoms with Crippen molar-refractivity contribution in [3.05, 3.63) is 0 Å². The molecule has 1 N–H and O–H groups in total. The van der Waals surface area contributed by atoms with Gasteiger partial charge in [0.25, 0.3) is 0 Å². The first-order valence-electron chi connectivity index (χ1n) is 7.57. The molecule has 5 heteroatoms. The molecule has 1 aliphatic rings. The average Bonchev–Trinajstić information content (AvgIpc) is 2.83. The fourth-order valence-corrected chi connectivity index (χ4v) is 3.12. The van der Waals surface area contributed by atoms with Gasteiger partial charge >= 0.3 is 5.97 Å². The zero-order valence-electron chi connectivity index (χ0n) is 13.2. The minimum absolute atomic E-state index is 0.0907. The maximum Gasteiger partial charge on any atom is 0.326 e. The lowest BCUT2D eigenvalue weighted by molar-refractivity contribution is -0.153. The fraction of sp³-hybridized carbons (Fsp3) is 0.933. The molecule has 1 saturated carbocycles. The molecule has 0 aromatic rings. The zero-order chi connectivity index (χ0) is 15.0. The van der Waals surface area contributed by atoms with Gasteiger partial charge in [-0.1, -0.05) is 6.42 Å². The van der Waals surface area contributed by atoms with Crippen LogP contribution in [0, 0.1) is 5.92 Å². The molecule has 1 fully saturated rings. The van der Waals surface area contributed by atoms with Gasteiger partial charge in [-0.15, -0.1) is 0 Å². The van der Waals surface area contributed by atoms with Crippen LogP contribution in [0.25, 0.3) is 0 Å². The molecule has 118 valence electrons. The minimum atomic E-state index is -0.524. The number of carbonyl (C=O) groups excluding carboxylic acids is 1. The van der Waals surface area contributed by atoms with Crippen LogP contribution >= 0.6 is 0 Å². The first-order valence-corrected chi connectivity index (χ1v) is 7.57. The first-order chi connectivity index (χ1) is 9.60. The molecule has 0 aliphatic heterocycles. The predicted molar refractivity (Wildman–Crippen MR) is 77.7 cm³/mol. The Bertz CT molecular complexity index is 298. The fourth-order valence-electron chi connectivity index (χ4n) is 3.12. The highest BCUT2D eigenvalue weighted by Crippen LogP contribution is 2.38. The smallest absolute Gasteiger partial charge is 0.326 e. The SMILES string of the molecule is CCOC(=O)C1(NC)CCCC1CCOC(C)COC. The third-order valence-corrected chi connectivity index (χ3v) is 4.18. The summed E-state index contributed by atoms with van der Waals surface area (Å²) in [6.45, 7) is 5.52. The van der Waals surface area contributed by atoms with E-state index in [2.05, 4.69) is 5.32 Å². The number of esters is 1. The third-order valence-electron chi connectivity index (χ3n) is 4.18. The number of ether oxygens (including phenoxy) is 3. The quantitative estimate of drug-likeness (QED) is 0.655. The summed E-state index contributed by atoms with van der Waals surface area (Å²) < 4.78 is 16.0. The maximum absolute atomic E-state index is 12.3. The van der Waals surface area contributed by atoms with Crippen LogP contribution in [0.5, 0.6) is 0 Å². The van der Waals surface area contributed by atoms with Crippen molar-refractivity contribution < 1.29 is 19.0 Å². The summed E-state index contributed by atoms with van der Waals surface area (Å²) in [5.41, 5.74) is -0.524. The van der Waals surface area contributed by atoms with Crippen LogP contribution in [-0.2, 0) is 19.0 Å². The Morgan fingerprint density at radius 2 is 2.25 bits per heavy atom. The van der Waals surface area contributed by atoms with E-state index in [1.165, 1.54) is 0 Å². The summed E-state index contributed by atoms with van der Waals surface area (Å²) >= 11 is 0. The van der Waals surface area contributed by atoms with Gasteiger partial charge in [0.15, 0.2) is 0 Å². The molecule has 0 bridgehead atoms. The van der Waals surface area contributed by atoms with Crippen LogP contribution in [0.15, 0.2) is 0 Å². The van der Waals surface area contributed by atoms with E-state index in [0.29, 0.717) is 19.8 Å². The number of carbonyl (C=O) groups is 1. The third kappa shape index (κ3) is 4.17. The Balaban J connectivity index is 2.52. The van der Waals surface area contributed by atoms with E-state index in [0.717, 1.165) is 25.7 Å². The van der Waals surface area contributed by atoms with Crippen molar-refractivity contribution in [3.63, 3.8) is 0 Å².